The fourth-order valence-electron chi connectivity index (χ4n) is 1.32. The molecule has 1 aromatic carbocycles. The number of ether oxygens (including phenoxy) is 1. The summed E-state index contributed by atoms with van der Waals surface area (Å²) < 4.78 is 4.76. The van der Waals surface area contributed by atoms with Gasteiger partial charge in [0, 0.05) is 6.08 Å². The summed E-state index contributed by atoms with van der Waals surface area (Å²) in [5.74, 6) is 1.26. The molecule has 0 saturated carbocycles. The molecule has 0 saturated heterocycles. The van der Waals surface area contributed by atoms with Crippen molar-refractivity contribution in [3.05, 3.63) is 41.5 Å². The summed E-state index contributed by atoms with van der Waals surface area (Å²) in [5.41, 5.74) is 1.98. The van der Waals surface area contributed by atoms with Gasteiger partial charge in [-0.1, -0.05) is 30.2 Å². The number of rotatable bonds is 5. The maximum Gasteiger partial charge on any atom is 0.331 e. The van der Waals surface area contributed by atoms with Gasteiger partial charge in [0.1, 0.15) is 0 Å². The highest BCUT2D eigenvalue weighted by Gasteiger charge is 2.03. The fourth-order valence-corrected chi connectivity index (χ4v) is 1.32. The van der Waals surface area contributed by atoms with Crippen LogP contribution in [-0.2, 0) is 14.3 Å². The quantitative estimate of drug-likeness (QED) is 0.491. The van der Waals surface area contributed by atoms with Crippen molar-refractivity contribution < 1.29 is 14.3 Å². The Morgan fingerprint density at radius 1 is 1.42 bits per heavy atom. The molecule has 1 N–H and O–H groups in total. The van der Waals surface area contributed by atoms with Gasteiger partial charge in [0.25, 0.3) is 5.91 Å². The predicted octanol–water partition coefficient (Wildman–Crippen LogP) is 1.30. The lowest BCUT2D eigenvalue weighted by Crippen LogP contribution is -2.28. The molecule has 0 atom stereocenters. The van der Waals surface area contributed by atoms with Gasteiger partial charge >= 0.3 is 5.97 Å². The van der Waals surface area contributed by atoms with E-state index in [1.165, 1.54) is 6.08 Å². The number of esters is 1. The topological polar surface area (TPSA) is 55.4 Å². The van der Waals surface area contributed by atoms with Crippen molar-refractivity contribution in [3.63, 3.8) is 0 Å². The number of aryl methyl sites for hydroxylation is 1. The first-order chi connectivity index (χ1) is 9.13. The van der Waals surface area contributed by atoms with Crippen molar-refractivity contribution in [1.82, 2.24) is 5.32 Å². The van der Waals surface area contributed by atoms with E-state index in [1.54, 1.807) is 6.08 Å². The number of carbonyl (C=O) groups excluding carboxylic acids is 2. The number of hydrogen-bond donors (Lipinski definition) is 1. The minimum Gasteiger partial charge on any atom is -0.452 e. The Labute approximate surface area is 112 Å². The highest BCUT2D eigenvalue weighted by atomic mass is 16.5. The van der Waals surface area contributed by atoms with Crippen LogP contribution in [0.15, 0.2) is 30.3 Å². The second-order valence-electron chi connectivity index (χ2n) is 3.78. The molecule has 0 aromatic heterocycles. The zero-order chi connectivity index (χ0) is 14.1. The maximum absolute atomic E-state index is 11.4. The number of terminal acetylenes is 1. The van der Waals surface area contributed by atoms with Crippen LogP contribution in [0.1, 0.15) is 11.1 Å². The molecule has 0 radical (unpaired) electrons. The van der Waals surface area contributed by atoms with Crippen molar-refractivity contribution in [1.29, 1.82) is 0 Å². The second kappa shape index (κ2) is 7.72. The molecule has 1 rings (SSSR count). The second-order valence-corrected chi connectivity index (χ2v) is 3.78. The molecule has 0 aliphatic rings. The first-order valence-corrected chi connectivity index (χ1v) is 5.74. The standard InChI is InChI=1S/C15H15NO3/c1-3-10-16-14(17)11-19-15(18)9-8-13-7-5-4-6-12(13)2/h1,4-9H,10-11H2,2H3,(H,16,17)/b9-8+. The Morgan fingerprint density at radius 2 is 2.16 bits per heavy atom. The molecular weight excluding hydrogens is 242 g/mol. The lowest BCUT2D eigenvalue weighted by Gasteiger charge is -2.02. The largest absolute Gasteiger partial charge is 0.452 e. The fraction of sp³-hybridized carbons (Fsp3) is 0.200. The molecule has 0 bridgehead atoms. The van der Waals surface area contributed by atoms with Gasteiger partial charge in [0.05, 0.1) is 6.54 Å². The molecule has 4 nitrogen and oxygen atoms in total. The summed E-state index contributed by atoms with van der Waals surface area (Å²) in [5, 5.41) is 2.39. The van der Waals surface area contributed by atoms with E-state index in [2.05, 4.69) is 11.2 Å². The number of nitrogens with one attached hydrogen (secondary N) is 1. The minimum atomic E-state index is -0.570. The van der Waals surface area contributed by atoms with Gasteiger partial charge in [-0.3, -0.25) is 4.79 Å². The van der Waals surface area contributed by atoms with E-state index in [0.717, 1.165) is 11.1 Å². The number of carbonyl (C=O) groups is 2. The van der Waals surface area contributed by atoms with Crippen LogP contribution in [0.5, 0.6) is 0 Å². The van der Waals surface area contributed by atoms with Crippen LogP contribution in [-0.4, -0.2) is 25.0 Å². The smallest absolute Gasteiger partial charge is 0.331 e. The number of amides is 1. The molecule has 1 aromatic rings. The molecule has 1 amide bonds. The number of benzene rings is 1. The van der Waals surface area contributed by atoms with E-state index in [9.17, 15) is 9.59 Å². The summed E-state index contributed by atoms with van der Waals surface area (Å²) in [6.45, 7) is 1.73. The zero-order valence-corrected chi connectivity index (χ0v) is 10.7. The molecule has 0 spiro atoms. The molecule has 98 valence electrons. The third-order valence-corrected chi connectivity index (χ3v) is 2.32. The maximum atomic E-state index is 11.4. The Hall–Kier alpha value is -2.54. The van der Waals surface area contributed by atoms with Crippen molar-refractivity contribution in [3.8, 4) is 12.3 Å². The lowest BCUT2D eigenvalue weighted by atomic mass is 10.1. The first kappa shape index (κ1) is 14.5. The highest BCUT2D eigenvalue weighted by Crippen LogP contribution is 2.08. The van der Waals surface area contributed by atoms with E-state index in [-0.39, 0.29) is 13.2 Å². The zero-order valence-electron chi connectivity index (χ0n) is 10.7. The molecule has 19 heavy (non-hydrogen) atoms. The van der Waals surface area contributed by atoms with E-state index in [1.807, 2.05) is 31.2 Å². The molecule has 0 aliphatic heterocycles. The van der Waals surface area contributed by atoms with Gasteiger partial charge < -0.3 is 10.1 Å². The number of hydrogen-bond acceptors (Lipinski definition) is 3. The van der Waals surface area contributed by atoms with E-state index >= 15 is 0 Å². The SMILES string of the molecule is C#CCNC(=O)COC(=O)/C=C/c1ccccc1C. The predicted molar refractivity (Wildman–Crippen MR) is 73.0 cm³/mol. The Bertz CT molecular complexity index is 526. The molecule has 4 heteroatoms. The van der Waals surface area contributed by atoms with Crippen LogP contribution in [0.25, 0.3) is 6.08 Å². The van der Waals surface area contributed by atoms with Gasteiger partial charge in [0.2, 0.25) is 0 Å². The molecule has 0 unspecified atom stereocenters. The summed E-state index contributed by atoms with van der Waals surface area (Å²) >= 11 is 0. The van der Waals surface area contributed by atoms with Crippen LogP contribution in [0.4, 0.5) is 0 Å². The monoisotopic (exact) mass is 257 g/mol. The Morgan fingerprint density at radius 3 is 2.84 bits per heavy atom. The Balaban J connectivity index is 2.42. The van der Waals surface area contributed by atoms with E-state index in [4.69, 9.17) is 11.2 Å². The normalized spacial score (nSPS) is 9.89. The van der Waals surface area contributed by atoms with Crippen molar-refractivity contribution in [2.45, 2.75) is 6.92 Å². The van der Waals surface area contributed by atoms with Crippen LogP contribution < -0.4 is 5.32 Å². The van der Waals surface area contributed by atoms with Crippen molar-refractivity contribution >= 4 is 18.0 Å². The molecule has 0 fully saturated rings. The highest BCUT2D eigenvalue weighted by molar-refractivity contribution is 5.89. The van der Waals surface area contributed by atoms with Crippen LogP contribution in [0, 0.1) is 19.3 Å². The van der Waals surface area contributed by atoms with Gasteiger partial charge in [-0.15, -0.1) is 6.42 Å². The van der Waals surface area contributed by atoms with E-state index < -0.39 is 11.9 Å². The summed E-state index contributed by atoms with van der Waals surface area (Å²) in [4.78, 5) is 22.5. The first-order valence-electron chi connectivity index (χ1n) is 5.74. The lowest BCUT2D eigenvalue weighted by molar-refractivity contribution is -0.143. The third-order valence-electron chi connectivity index (χ3n) is 2.32. The third kappa shape index (κ3) is 5.55. The van der Waals surface area contributed by atoms with Gasteiger partial charge in [-0.2, -0.15) is 0 Å². The average molecular weight is 257 g/mol. The summed E-state index contributed by atoms with van der Waals surface area (Å²) in [7, 11) is 0. The van der Waals surface area contributed by atoms with Gasteiger partial charge in [-0.25, -0.2) is 4.79 Å². The minimum absolute atomic E-state index is 0.120. The average Bonchev–Trinajstić information content (AvgIpc) is 2.42. The molecular formula is C15H15NO3. The van der Waals surface area contributed by atoms with Gasteiger partial charge in [0.15, 0.2) is 6.61 Å². The molecule has 0 aliphatic carbocycles. The van der Waals surface area contributed by atoms with Crippen LogP contribution in [0.2, 0.25) is 0 Å². The van der Waals surface area contributed by atoms with Gasteiger partial charge in [-0.05, 0) is 24.1 Å². The summed E-state index contributed by atoms with van der Waals surface area (Å²) in [6.07, 6.45) is 7.91. The molecule has 0 heterocycles. The van der Waals surface area contributed by atoms with Crippen LogP contribution >= 0.6 is 0 Å². The Kier molecular flexibility index (Phi) is 5.90. The summed E-state index contributed by atoms with van der Waals surface area (Å²) in [6, 6.07) is 7.63. The van der Waals surface area contributed by atoms with E-state index in [0.29, 0.717) is 0 Å². The van der Waals surface area contributed by atoms with Crippen molar-refractivity contribution in [2.24, 2.45) is 0 Å². The van der Waals surface area contributed by atoms with Crippen LogP contribution in [0.3, 0.4) is 0 Å². The van der Waals surface area contributed by atoms with Crippen molar-refractivity contribution in [2.75, 3.05) is 13.2 Å².